The Morgan fingerprint density at radius 3 is 2.44 bits per heavy atom. The lowest BCUT2D eigenvalue weighted by molar-refractivity contribution is 0.113. The first kappa shape index (κ1) is 15.5. The van der Waals surface area contributed by atoms with E-state index < -0.39 is 0 Å². The van der Waals surface area contributed by atoms with Crippen molar-refractivity contribution in [1.82, 2.24) is 5.32 Å². The molecule has 18 heavy (non-hydrogen) atoms. The van der Waals surface area contributed by atoms with Crippen molar-refractivity contribution in [2.24, 2.45) is 11.3 Å². The average molecular weight is 252 g/mol. The summed E-state index contributed by atoms with van der Waals surface area (Å²) in [6, 6.07) is 2.50. The lowest BCUT2D eigenvalue weighted by Crippen LogP contribution is -2.49. The highest BCUT2D eigenvalue weighted by molar-refractivity contribution is 5.10. The van der Waals surface area contributed by atoms with Gasteiger partial charge in [0.05, 0.1) is 12.7 Å². The lowest BCUT2D eigenvalue weighted by atomic mass is 9.66. The predicted octanol–water partition coefficient (Wildman–Crippen LogP) is 3.11. The largest absolute Gasteiger partial charge is 0.383 e. The van der Waals surface area contributed by atoms with E-state index >= 15 is 0 Å². The van der Waals surface area contributed by atoms with Crippen molar-refractivity contribution in [2.75, 3.05) is 20.3 Å². The summed E-state index contributed by atoms with van der Waals surface area (Å²) >= 11 is 0. The Hall–Kier alpha value is -0.590. The van der Waals surface area contributed by atoms with Crippen LogP contribution >= 0.6 is 0 Å². The van der Waals surface area contributed by atoms with Crippen LogP contribution < -0.4 is 5.32 Å². The van der Waals surface area contributed by atoms with Crippen molar-refractivity contribution in [1.29, 1.82) is 5.26 Å². The van der Waals surface area contributed by atoms with Crippen molar-refractivity contribution in [3.63, 3.8) is 0 Å². The van der Waals surface area contributed by atoms with E-state index in [0.717, 1.165) is 38.1 Å². The van der Waals surface area contributed by atoms with E-state index in [2.05, 4.69) is 32.2 Å². The molecule has 1 saturated carbocycles. The topological polar surface area (TPSA) is 45.0 Å². The van der Waals surface area contributed by atoms with Gasteiger partial charge >= 0.3 is 0 Å². The van der Waals surface area contributed by atoms with E-state index in [1.54, 1.807) is 7.11 Å². The van der Waals surface area contributed by atoms with Crippen molar-refractivity contribution < 1.29 is 4.74 Å². The summed E-state index contributed by atoms with van der Waals surface area (Å²) in [5.74, 6) is 0.758. The van der Waals surface area contributed by atoms with Gasteiger partial charge in [-0.1, -0.05) is 27.2 Å². The van der Waals surface area contributed by atoms with Crippen molar-refractivity contribution in [3.8, 4) is 6.07 Å². The van der Waals surface area contributed by atoms with E-state index in [0.29, 0.717) is 12.0 Å². The molecule has 1 fully saturated rings. The summed E-state index contributed by atoms with van der Waals surface area (Å²) < 4.78 is 5.04. The average Bonchev–Trinajstić information content (AvgIpc) is 2.39. The molecule has 3 nitrogen and oxygen atoms in total. The highest BCUT2D eigenvalue weighted by atomic mass is 16.5. The highest BCUT2D eigenvalue weighted by Gasteiger charge is 2.39. The standard InChI is InChI=1S/C15H28N2O/c1-5-14(2,3)13-6-8-15(12-16,9-7-13)17-10-11-18-4/h13,17H,5-11H2,1-4H3. The Bertz CT molecular complexity index is 285. The molecule has 0 bridgehead atoms. The third-order valence-corrected chi connectivity index (χ3v) is 4.84. The number of hydrogen-bond acceptors (Lipinski definition) is 3. The van der Waals surface area contributed by atoms with Gasteiger partial charge in [-0.3, -0.25) is 5.32 Å². The molecule has 0 amide bonds. The van der Waals surface area contributed by atoms with E-state index in [4.69, 9.17) is 4.74 Å². The van der Waals surface area contributed by atoms with Gasteiger partial charge in [-0.05, 0) is 37.0 Å². The minimum absolute atomic E-state index is 0.307. The van der Waals surface area contributed by atoms with Crippen LogP contribution in [0.25, 0.3) is 0 Å². The molecule has 104 valence electrons. The maximum Gasteiger partial charge on any atom is 0.106 e. The van der Waals surface area contributed by atoms with Gasteiger partial charge in [0.25, 0.3) is 0 Å². The Labute approximate surface area is 112 Å². The first-order valence-corrected chi connectivity index (χ1v) is 7.15. The fourth-order valence-electron chi connectivity index (χ4n) is 2.90. The van der Waals surface area contributed by atoms with Gasteiger partial charge in [-0.2, -0.15) is 5.26 Å². The van der Waals surface area contributed by atoms with Gasteiger partial charge in [-0.25, -0.2) is 0 Å². The monoisotopic (exact) mass is 252 g/mol. The molecule has 3 heteroatoms. The second-order valence-corrected chi connectivity index (χ2v) is 6.23. The van der Waals surface area contributed by atoms with Crippen LogP contribution in [0, 0.1) is 22.7 Å². The third kappa shape index (κ3) is 3.70. The fourth-order valence-corrected chi connectivity index (χ4v) is 2.90. The molecule has 0 aromatic carbocycles. The molecule has 0 radical (unpaired) electrons. The smallest absolute Gasteiger partial charge is 0.106 e. The van der Waals surface area contributed by atoms with Gasteiger partial charge in [0.1, 0.15) is 5.54 Å². The van der Waals surface area contributed by atoms with Crippen molar-refractivity contribution >= 4 is 0 Å². The molecule has 1 rings (SSSR count). The normalized spacial score (nSPS) is 28.9. The van der Waals surface area contributed by atoms with Crippen LogP contribution in [0.5, 0.6) is 0 Å². The quantitative estimate of drug-likeness (QED) is 0.739. The van der Waals surface area contributed by atoms with E-state index in [-0.39, 0.29) is 5.54 Å². The maximum atomic E-state index is 9.43. The first-order chi connectivity index (χ1) is 8.49. The number of nitrogens with zero attached hydrogens (tertiary/aromatic N) is 1. The first-order valence-electron chi connectivity index (χ1n) is 7.15. The summed E-state index contributed by atoms with van der Waals surface area (Å²) in [6.45, 7) is 8.42. The molecule has 0 heterocycles. The van der Waals surface area contributed by atoms with Crippen LogP contribution in [0.2, 0.25) is 0 Å². The highest BCUT2D eigenvalue weighted by Crippen LogP contribution is 2.43. The van der Waals surface area contributed by atoms with Crippen LogP contribution in [-0.4, -0.2) is 25.8 Å². The number of nitriles is 1. The minimum Gasteiger partial charge on any atom is -0.383 e. The molecule has 1 aliphatic rings. The summed E-state index contributed by atoms with van der Waals surface area (Å²) in [6.07, 6.45) is 5.49. The zero-order valence-electron chi connectivity index (χ0n) is 12.4. The number of hydrogen-bond donors (Lipinski definition) is 1. The van der Waals surface area contributed by atoms with Gasteiger partial charge in [0.15, 0.2) is 0 Å². The third-order valence-electron chi connectivity index (χ3n) is 4.84. The number of ether oxygens (including phenoxy) is 1. The van der Waals surface area contributed by atoms with Crippen molar-refractivity contribution in [2.45, 2.75) is 58.4 Å². The summed E-state index contributed by atoms with van der Waals surface area (Å²) in [5.41, 5.74) is 0.104. The van der Waals surface area contributed by atoms with Gasteiger partial charge < -0.3 is 4.74 Å². The second kappa shape index (κ2) is 6.54. The van der Waals surface area contributed by atoms with E-state index in [1.165, 1.54) is 6.42 Å². The zero-order valence-corrected chi connectivity index (χ0v) is 12.4. The van der Waals surface area contributed by atoms with Crippen molar-refractivity contribution in [3.05, 3.63) is 0 Å². The number of rotatable bonds is 6. The molecule has 1 aliphatic carbocycles. The lowest BCUT2D eigenvalue weighted by Gasteiger charge is -2.42. The van der Waals surface area contributed by atoms with Crippen LogP contribution in [0.3, 0.4) is 0 Å². The molecule has 0 aromatic heterocycles. The Morgan fingerprint density at radius 1 is 1.39 bits per heavy atom. The molecule has 0 aromatic rings. The molecular weight excluding hydrogens is 224 g/mol. The van der Waals surface area contributed by atoms with Crippen LogP contribution in [-0.2, 0) is 4.74 Å². The molecular formula is C15H28N2O. The van der Waals surface area contributed by atoms with Crippen LogP contribution in [0.4, 0.5) is 0 Å². The van der Waals surface area contributed by atoms with Gasteiger partial charge in [0, 0.05) is 13.7 Å². The summed E-state index contributed by atoms with van der Waals surface area (Å²) in [7, 11) is 1.70. The van der Waals surface area contributed by atoms with Crippen LogP contribution in [0.1, 0.15) is 52.9 Å². The molecule has 0 spiro atoms. The SMILES string of the molecule is CCC(C)(C)C1CCC(C#N)(NCCOC)CC1. The maximum absolute atomic E-state index is 9.43. The van der Waals surface area contributed by atoms with Gasteiger partial charge in [0.2, 0.25) is 0 Å². The van der Waals surface area contributed by atoms with Gasteiger partial charge in [-0.15, -0.1) is 0 Å². The Kier molecular flexibility index (Phi) is 5.62. The molecule has 0 atom stereocenters. The minimum atomic E-state index is -0.307. The zero-order chi connectivity index (χ0) is 13.6. The summed E-state index contributed by atoms with van der Waals surface area (Å²) in [5, 5.41) is 12.8. The Balaban J connectivity index is 2.52. The second-order valence-electron chi connectivity index (χ2n) is 6.23. The molecule has 0 aliphatic heterocycles. The van der Waals surface area contributed by atoms with Crippen LogP contribution in [0.15, 0.2) is 0 Å². The molecule has 0 unspecified atom stereocenters. The molecule has 0 saturated heterocycles. The number of nitrogens with one attached hydrogen (secondary N) is 1. The number of methoxy groups -OCH3 is 1. The predicted molar refractivity (Wildman–Crippen MR) is 74.3 cm³/mol. The molecule has 1 N–H and O–H groups in total. The van der Waals surface area contributed by atoms with E-state index in [1.807, 2.05) is 0 Å². The fraction of sp³-hybridized carbons (Fsp3) is 0.933. The summed E-state index contributed by atoms with van der Waals surface area (Å²) in [4.78, 5) is 0. The van der Waals surface area contributed by atoms with E-state index in [9.17, 15) is 5.26 Å². The Morgan fingerprint density at radius 2 is 2.00 bits per heavy atom.